The van der Waals surface area contributed by atoms with Crippen molar-refractivity contribution in [3.8, 4) is 11.5 Å². The number of carbonyl (C=O) groups excluding carboxylic acids is 1. The summed E-state index contributed by atoms with van der Waals surface area (Å²) >= 11 is 0. The Morgan fingerprint density at radius 1 is 1.12 bits per heavy atom. The van der Waals surface area contributed by atoms with Crippen LogP contribution in [0, 0.1) is 13.8 Å². The van der Waals surface area contributed by atoms with Crippen LogP contribution in [0.5, 0.6) is 11.5 Å². The van der Waals surface area contributed by atoms with Crippen LogP contribution >= 0.6 is 0 Å². The highest BCUT2D eigenvalue weighted by atomic mass is 16.5. The van der Waals surface area contributed by atoms with E-state index in [1.54, 1.807) is 29.7 Å². The first-order valence-corrected chi connectivity index (χ1v) is 10.7. The lowest BCUT2D eigenvalue weighted by molar-refractivity contribution is 0.0949. The van der Waals surface area contributed by atoms with Gasteiger partial charge in [0.05, 0.1) is 11.1 Å². The van der Waals surface area contributed by atoms with Crippen molar-refractivity contribution >= 4 is 16.9 Å². The van der Waals surface area contributed by atoms with Gasteiger partial charge in [-0.05, 0) is 31.5 Å². The molecule has 4 rings (SSSR count). The third kappa shape index (κ3) is 4.85. The summed E-state index contributed by atoms with van der Waals surface area (Å²) in [5, 5.41) is 12.7. The second-order valence-electron chi connectivity index (χ2n) is 7.98. The Morgan fingerprint density at radius 3 is 2.74 bits per heavy atom. The number of carbonyl (C=O) groups is 1. The molecule has 2 N–H and O–H groups in total. The molecule has 0 bridgehead atoms. The number of nitrogens with zero attached hydrogens (tertiary/aromatic N) is 1. The average Bonchev–Trinajstić information content (AvgIpc) is 2.83. The van der Waals surface area contributed by atoms with Crippen LogP contribution < -0.4 is 20.9 Å². The largest absolute Gasteiger partial charge is 0.503 e. The average molecular weight is 460 g/mol. The zero-order valence-electron chi connectivity index (χ0n) is 18.8. The van der Waals surface area contributed by atoms with Crippen molar-refractivity contribution in [2.24, 2.45) is 0 Å². The number of hydrogen-bond donors (Lipinski definition) is 2. The number of pyridine rings is 1. The number of rotatable bonds is 7. The Hall–Kier alpha value is -4.33. The molecule has 0 aliphatic heterocycles. The molecule has 174 valence electrons. The molecule has 0 atom stereocenters. The van der Waals surface area contributed by atoms with Crippen molar-refractivity contribution < 1.29 is 19.1 Å². The Balaban J connectivity index is 1.43. The van der Waals surface area contributed by atoms with Crippen LogP contribution in [0.4, 0.5) is 0 Å². The number of hydrogen-bond acceptors (Lipinski definition) is 6. The monoisotopic (exact) mass is 460 g/mol. The second-order valence-corrected chi connectivity index (χ2v) is 7.98. The van der Waals surface area contributed by atoms with E-state index in [1.165, 1.54) is 12.3 Å². The number of nitrogens with one attached hydrogen (secondary N) is 1. The summed E-state index contributed by atoms with van der Waals surface area (Å²) in [5.74, 6) is -0.348. The summed E-state index contributed by atoms with van der Waals surface area (Å²) in [6, 6.07) is 14.1. The molecule has 0 fully saturated rings. The molecule has 2 aromatic heterocycles. The van der Waals surface area contributed by atoms with E-state index in [0.717, 1.165) is 17.4 Å². The van der Waals surface area contributed by atoms with Crippen molar-refractivity contribution in [2.45, 2.75) is 27.0 Å². The van der Waals surface area contributed by atoms with Gasteiger partial charge < -0.3 is 24.1 Å². The zero-order valence-corrected chi connectivity index (χ0v) is 18.8. The van der Waals surface area contributed by atoms with Gasteiger partial charge in [0.25, 0.3) is 5.91 Å². The van der Waals surface area contributed by atoms with E-state index in [9.17, 15) is 19.5 Å². The van der Waals surface area contributed by atoms with Crippen LogP contribution in [0.2, 0.25) is 0 Å². The minimum absolute atomic E-state index is 0.111. The molecule has 0 saturated heterocycles. The first kappa shape index (κ1) is 22.8. The van der Waals surface area contributed by atoms with Gasteiger partial charge in [-0.3, -0.25) is 14.4 Å². The Morgan fingerprint density at radius 2 is 1.94 bits per heavy atom. The molecule has 0 unspecified atom stereocenters. The molecule has 4 aromatic rings. The molecule has 0 radical (unpaired) electrons. The molecular weight excluding hydrogens is 436 g/mol. The van der Waals surface area contributed by atoms with Crippen molar-refractivity contribution in [1.29, 1.82) is 0 Å². The van der Waals surface area contributed by atoms with Gasteiger partial charge in [-0.1, -0.05) is 29.8 Å². The highest BCUT2D eigenvalue weighted by molar-refractivity contribution is 5.96. The van der Waals surface area contributed by atoms with Gasteiger partial charge in [-0.15, -0.1) is 0 Å². The van der Waals surface area contributed by atoms with E-state index in [-0.39, 0.29) is 23.2 Å². The molecule has 2 aromatic carbocycles. The standard InChI is InChI=1S/C26H24N2O6/c1-16-4-3-5-18(12-16)14-33-19-6-7-20-23(13-19)34-15-21(25(20)31)26(32)27-9-11-28-10-8-22(29)24(30)17(28)2/h3-8,10,12-13,15,30H,9,11,14H2,1-2H3,(H,27,32). The molecule has 0 spiro atoms. The quantitative estimate of drug-likeness (QED) is 0.438. The Kier molecular flexibility index (Phi) is 6.49. The highest BCUT2D eigenvalue weighted by Gasteiger charge is 2.15. The summed E-state index contributed by atoms with van der Waals surface area (Å²) in [7, 11) is 0. The van der Waals surface area contributed by atoms with Gasteiger partial charge in [0.1, 0.15) is 29.8 Å². The number of fused-ring (bicyclic) bond motifs is 1. The van der Waals surface area contributed by atoms with Gasteiger partial charge in [0, 0.05) is 31.4 Å². The molecule has 34 heavy (non-hydrogen) atoms. The van der Waals surface area contributed by atoms with Crippen molar-refractivity contribution in [1.82, 2.24) is 9.88 Å². The predicted octanol–water partition coefficient (Wildman–Crippen LogP) is 3.29. The lowest BCUT2D eigenvalue weighted by atomic mass is 10.1. The summed E-state index contributed by atoms with van der Waals surface area (Å²) in [5.41, 5.74) is 1.87. The van der Waals surface area contributed by atoms with Crippen molar-refractivity contribution in [3.05, 3.63) is 104 Å². The molecule has 0 aliphatic rings. The van der Waals surface area contributed by atoms with E-state index in [0.29, 0.717) is 30.2 Å². The molecular formula is C26H24N2O6. The van der Waals surface area contributed by atoms with Crippen LogP contribution in [0.15, 0.2) is 75.0 Å². The molecule has 2 heterocycles. The fraction of sp³-hybridized carbons (Fsp3) is 0.192. The lowest BCUT2D eigenvalue weighted by Gasteiger charge is -2.12. The minimum Gasteiger partial charge on any atom is -0.503 e. The predicted molar refractivity (Wildman–Crippen MR) is 127 cm³/mol. The number of aromatic nitrogens is 1. The van der Waals surface area contributed by atoms with E-state index in [1.807, 2.05) is 31.2 Å². The first-order chi connectivity index (χ1) is 16.3. The summed E-state index contributed by atoms with van der Waals surface area (Å²) in [4.78, 5) is 36.8. The second kappa shape index (κ2) is 9.66. The third-order valence-electron chi connectivity index (χ3n) is 5.53. The molecule has 8 heteroatoms. The van der Waals surface area contributed by atoms with Crippen LogP contribution in [-0.4, -0.2) is 22.1 Å². The van der Waals surface area contributed by atoms with Crippen molar-refractivity contribution in [3.63, 3.8) is 0 Å². The maximum absolute atomic E-state index is 12.8. The SMILES string of the molecule is Cc1cccc(COc2ccc3c(=O)c(C(=O)NCCn4ccc(=O)c(O)c4C)coc3c2)c1. The number of amides is 1. The molecule has 0 aliphatic carbocycles. The molecule has 0 saturated carbocycles. The number of ether oxygens (including phenoxy) is 1. The van der Waals surface area contributed by atoms with E-state index < -0.39 is 16.8 Å². The van der Waals surface area contributed by atoms with Gasteiger partial charge in [0.15, 0.2) is 5.75 Å². The number of benzene rings is 2. The molecule has 8 nitrogen and oxygen atoms in total. The van der Waals surface area contributed by atoms with Crippen LogP contribution in [0.25, 0.3) is 11.0 Å². The maximum Gasteiger partial charge on any atom is 0.258 e. The van der Waals surface area contributed by atoms with Gasteiger partial charge in [-0.25, -0.2) is 0 Å². The summed E-state index contributed by atoms with van der Waals surface area (Å²) < 4.78 is 13.0. The summed E-state index contributed by atoms with van der Waals surface area (Å²) in [6.45, 7) is 4.50. The normalized spacial score (nSPS) is 10.9. The van der Waals surface area contributed by atoms with Gasteiger partial charge in [-0.2, -0.15) is 0 Å². The van der Waals surface area contributed by atoms with Gasteiger partial charge in [0.2, 0.25) is 10.9 Å². The lowest BCUT2D eigenvalue weighted by Crippen LogP contribution is -2.31. The first-order valence-electron chi connectivity index (χ1n) is 10.7. The minimum atomic E-state index is -0.571. The fourth-order valence-corrected chi connectivity index (χ4v) is 3.61. The zero-order chi connectivity index (χ0) is 24.2. The van der Waals surface area contributed by atoms with E-state index in [2.05, 4.69) is 5.32 Å². The smallest absolute Gasteiger partial charge is 0.258 e. The van der Waals surface area contributed by atoms with Crippen LogP contribution in [0.3, 0.4) is 0 Å². The van der Waals surface area contributed by atoms with Crippen LogP contribution in [-0.2, 0) is 13.2 Å². The highest BCUT2D eigenvalue weighted by Crippen LogP contribution is 2.20. The fourth-order valence-electron chi connectivity index (χ4n) is 3.61. The topological polar surface area (TPSA) is 111 Å². The Labute approximate surface area is 195 Å². The van der Waals surface area contributed by atoms with E-state index in [4.69, 9.17) is 9.15 Å². The maximum atomic E-state index is 12.8. The van der Waals surface area contributed by atoms with E-state index >= 15 is 0 Å². The number of aromatic hydroxyl groups is 1. The Bertz CT molecular complexity index is 1490. The van der Waals surface area contributed by atoms with Crippen LogP contribution in [0.1, 0.15) is 27.2 Å². The number of aryl methyl sites for hydroxylation is 1. The molecule has 1 amide bonds. The third-order valence-corrected chi connectivity index (χ3v) is 5.53. The van der Waals surface area contributed by atoms with Crippen molar-refractivity contribution in [2.75, 3.05) is 6.54 Å². The summed E-state index contributed by atoms with van der Waals surface area (Å²) in [6.07, 6.45) is 2.67. The van der Waals surface area contributed by atoms with Gasteiger partial charge >= 0.3 is 0 Å².